The third-order valence-electron chi connectivity index (χ3n) is 8.59. The second kappa shape index (κ2) is 14.1. The van der Waals surface area contributed by atoms with Gasteiger partial charge in [-0.1, -0.05) is 26.0 Å². The lowest BCUT2D eigenvalue weighted by atomic mass is 9.85. The van der Waals surface area contributed by atoms with E-state index in [2.05, 4.69) is 19.2 Å². The number of carbonyl (C=O) groups excluding carboxylic acids is 2. The molecule has 0 aromatic carbocycles. The van der Waals surface area contributed by atoms with E-state index in [1.165, 1.54) is 16.7 Å². The van der Waals surface area contributed by atoms with Crippen LogP contribution in [0.4, 0.5) is 4.79 Å². The van der Waals surface area contributed by atoms with Crippen molar-refractivity contribution >= 4 is 23.8 Å². The number of fused-ring (bicyclic) bond motifs is 3. The zero-order chi connectivity index (χ0) is 30.8. The van der Waals surface area contributed by atoms with E-state index in [1.807, 2.05) is 12.2 Å². The van der Waals surface area contributed by atoms with Crippen LogP contribution in [0.2, 0.25) is 0 Å². The van der Waals surface area contributed by atoms with Gasteiger partial charge in [-0.25, -0.2) is 4.79 Å². The van der Waals surface area contributed by atoms with E-state index in [-0.39, 0.29) is 11.2 Å². The summed E-state index contributed by atoms with van der Waals surface area (Å²) in [6.07, 6.45) is 1.37. The van der Waals surface area contributed by atoms with Gasteiger partial charge in [0.15, 0.2) is 0 Å². The highest BCUT2D eigenvalue weighted by Crippen LogP contribution is 2.39. The molecule has 4 rings (SSSR count). The van der Waals surface area contributed by atoms with E-state index in [0.717, 1.165) is 19.3 Å². The fraction of sp³-hybridized carbons (Fsp3) is 0.867. The maximum Gasteiger partial charge on any atom is 0.411 e. The number of thioether (sulfide) groups is 1. The fourth-order valence-corrected chi connectivity index (χ4v) is 7.91. The number of aliphatic hydroxyl groups is 3. The molecule has 0 aromatic heterocycles. The summed E-state index contributed by atoms with van der Waals surface area (Å²) in [5.74, 6) is 0.529. The number of nitrogens with zero attached hydrogens (tertiary/aromatic N) is 1. The predicted molar refractivity (Wildman–Crippen MR) is 160 cm³/mol. The zero-order valence-electron chi connectivity index (χ0n) is 25.6. The molecule has 0 radical (unpaired) electrons. The van der Waals surface area contributed by atoms with Crippen LogP contribution in [-0.4, -0.2) is 111 Å². The average Bonchev–Trinajstić information content (AvgIpc) is 3.15. The minimum atomic E-state index is -1.46. The largest absolute Gasteiger partial charge is 0.444 e. The van der Waals surface area contributed by atoms with Crippen LogP contribution in [0, 0.1) is 17.8 Å². The summed E-state index contributed by atoms with van der Waals surface area (Å²) in [4.78, 5) is 29.1. The molecule has 11 nitrogen and oxygen atoms in total. The highest BCUT2D eigenvalue weighted by molar-refractivity contribution is 8.00. The minimum absolute atomic E-state index is 0.0223. The molecule has 2 amide bonds. The van der Waals surface area contributed by atoms with Gasteiger partial charge in [-0.2, -0.15) is 0 Å². The van der Waals surface area contributed by atoms with Gasteiger partial charge in [0.25, 0.3) is 0 Å². The summed E-state index contributed by atoms with van der Waals surface area (Å²) < 4.78 is 18.2. The third-order valence-corrected chi connectivity index (χ3v) is 10.0. The van der Waals surface area contributed by atoms with Gasteiger partial charge in [0.2, 0.25) is 5.91 Å². The molecule has 12 heteroatoms. The van der Waals surface area contributed by atoms with Gasteiger partial charge < -0.3 is 40.6 Å². The molecule has 4 heterocycles. The van der Waals surface area contributed by atoms with Crippen molar-refractivity contribution < 1.29 is 39.1 Å². The number of rotatable bonds is 5. The minimum Gasteiger partial charge on any atom is -0.444 e. The Labute approximate surface area is 253 Å². The molecule has 3 fully saturated rings. The van der Waals surface area contributed by atoms with Crippen LogP contribution >= 0.6 is 11.8 Å². The quantitative estimate of drug-likeness (QED) is 0.289. The lowest BCUT2D eigenvalue weighted by molar-refractivity contribution is -0.205. The number of ether oxygens (including phenoxy) is 3. The Kier molecular flexibility index (Phi) is 11.3. The first-order valence-corrected chi connectivity index (χ1v) is 16.3. The van der Waals surface area contributed by atoms with Gasteiger partial charge in [-0.3, -0.25) is 9.69 Å². The Bertz CT molecular complexity index is 961. The summed E-state index contributed by atoms with van der Waals surface area (Å²) in [6, 6.07) is -1.66. The Morgan fingerprint density at radius 3 is 2.50 bits per heavy atom. The average molecular weight is 614 g/mol. The highest BCUT2D eigenvalue weighted by Gasteiger charge is 2.53. The number of likely N-dealkylation sites (tertiary alicyclic amines) is 1. The number of carbonyl (C=O) groups is 2. The predicted octanol–water partition coefficient (Wildman–Crippen LogP) is 1.77. The molecule has 2 bridgehead atoms. The molecular formula is C30H51N3O8S. The number of allylic oxidation sites excluding steroid dienone is 1. The fourth-order valence-electron chi connectivity index (χ4n) is 6.69. The van der Waals surface area contributed by atoms with E-state index in [4.69, 9.17) is 19.9 Å². The van der Waals surface area contributed by atoms with Crippen LogP contribution < -0.4 is 11.1 Å². The van der Waals surface area contributed by atoms with E-state index >= 15 is 0 Å². The number of amides is 2. The van der Waals surface area contributed by atoms with Gasteiger partial charge in [0.05, 0.1) is 12.1 Å². The molecule has 240 valence electrons. The third kappa shape index (κ3) is 7.99. The molecule has 11 atom stereocenters. The van der Waals surface area contributed by atoms with Crippen LogP contribution in [0.5, 0.6) is 0 Å². The molecule has 0 aromatic rings. The van der Waals surface area contributed by atoms with Crippen molar-refractivity contribution in [2.45, 2.75) is 126 Å². The van der Waals surface area contributed by atoms with Crippen molar-refractivity contribution in [3.63, 3.8) is 0 Å². The number of aliphatic hydroxyl groups excluding tert-OH is 3. The number of nitrogens with two attached hydrogens (primary N) is 1. The first-order valence-electron chi connectivity index (χ1n) is 15.4. The van der Waals surface area contributed by atoms with E-state index in [0.29, 0.717) is 44.4 Å². The Morgan fingerprint density at radius 1 is 1.12 bits per heavy atom. The van der Waals surface area contributed by atoms with Crippen molar-refractivity contribution in [2.75, 3.05) is 19.7 Å². The normalized spacial score (nSPS) is 40.1. The molecule has 0 saturated carbocycles. The van der Waals surface area contributed by atoms with Crippen LogP contribution in [0.15, 0.2) is 12.2 Å². The van der Waals surface area contributed by atoms with Crippen molar-refractivity contribution in [3.05, 3.63) is 12.2 Å². The smallest absolute Gasteiger partial charge is 0.411 e. The molecule has 0 aliphatic carbocycles. The molecular weight excluding hydrogens is 562 g/mol. The van der Waals surface area contributed by atoms with Gasteiger partial charge >= 0.3 is 6.09 Å². The lowest BCUT2D eigenvalue weighted by Gasteiger charge is -2.44. The van der Waals surface area contributed by atoms with Crippen molar-refractivity contribution in [1.29, 1.82) is 0 Å². The summed E-state index contributed by atoms with van der Waals surface area (Å²) in [6.45, 7) is 11.0. The van der Waals surface area contributed by atoms with Crippen molar-refractivity contribution in [3.8, 4) is 0 Å². The summed E-state index contributed by atoms with van der Waals surface area (Å²) in [7, 11) is 0. The molecule has 4 aliphatic heterocycles. The van der Waals surface area contributed by atoms with Crippen molar-refractivity contribution in [1.82, 2.24) is 10.2 Å². The van der Waals surface area contributed by atoms with Crippen LogP contribution in [0.1, 0.15) is 66.7 Å². The number of nitrogens with one attached hydrogen (secondary N) is 1. The zero-order valence-corrected chi connectivity index (χ0v) is 26.4. The van der Waals surface area contributed by atoms with Gasteiger partial charge in [0, 0.05) is 30.9 Å². The molecule has 4 aliphatic rings. The molecule has 3 unspecified atom stereocenters. The Balaban J connectivity index is 1.60. The number of hydrogen-bond acceptors (Lipinski definition) is 10. The molecule has 0 spiro atoms. The summed E-state index contributed by atoms with van der Waals surface area (Å²) in [5.41, 5.74) is 4.34. The second-order valence-electron chi connectivity index (χ2n) is 13.7. The second-order valence-corrected chi connectivity index (χ2v) is 15.1. The van der Waals surface area contributed by atoms with Crippen LogP contribution in [-0.2, 0) is 19.0 Å². The summed E-state index contributed by atoms with van der Waals surface area (Å²) in [5, 5.41) is 35.3. The van der Waals surface area contributed by atoms with Crippen LogP contribution in [0.3, 0.4) is 0 Å². The topological polar surface area (TPSA) is 164 Å². The summed E-state index contributed by atoms with van der Waals surface area (Å²) >= 11 is 1.31. The monoisotopic (exact) mass is 613 g/mol. The maximum absolute atomic E-state index is 14.1. The first kappa shape index (κ1) is 33.5. The first-order chi connectivity index (χ1) is 19.8. The SMILES string of the molecule is CC(C)C[C@@H]1CCO[C@@H]2[C@@H](C1)CN(C(=O)OC(C)(C)C)[C@@H]2C(=O)N[C@@H]1C/C=C\C[C@@H](CN)SC2O[C@H]1C(O)C(O)[C@H]2O. The standard InChI is InChI=1S/C30H51N3O8S/c1-16(2)12-17-10-11-39-25-18(13-17)15-33(29(38)41-30(3,4)5)21(25)27(37)32-20-9-7-6-8-19(14-31)42-28-24(36)22(34)23(35)26(20)40-28/h6-7,16-26,28,34-36H,8-15,31H2,1-5H3,(H,32,37)/b7-6-/t17-,18-,19-,20+,21-,22?,23?,24+,25+,26+,28?/m0/s1. The lowest BCUT2D eigenvalue weighted by Crippen LogP contribution is -2.64. The van der Waals surface area contributed by atoms with E-state index in [9.17, 15) is 24.9 Å². The van der Waals surface area contributed by atoms with Crippen LogP contribution in [0.25, 0.3) is 0 Å². The Hall–Kier alpha value is -1.41. The molecule has 3 saturated heterocycles. The molecule has 42 heavy (non-hydrogen) atoms. The van der Waals surface area contributed by atoms with E-state index in [1.54, 1.807) is 20.8 Å². The molecule has 6 N–H and O–H groups in total. The van der Waals surface area contributed by atoms with Gasteiger partial charge in [0.1, 0.15) is 41.5 Å². The van der Waals surface area contributed by atoms with Gasteiger partial charge in [-0.05, 0) is 64.7 Å². The van der Waals surface area contributed by atoms with Gasteiger partial charge in [-0.15, -0.1) is 11.8 Å². The van der Waals surface area contributed by atoms with Crippen molar-refractivity contribution in [2.24, 2.45) is 23.5 Å². The van der Waals surface area contributed by atoms with E-state index < -0.39 is 65.6 Å². The number of hydrogen-bond donors (Lipinski definition) is 5. The highest BCUT2D eigenvalue weighted by atomic mass is 32.2. The Morgan fingerprint density at radius 2 is 1.83 bits per heavy atom. The maximum atomic E-state index is 14.1.